The van der Waals surface area contributed by atoms with E-state index in [1.165, 1.54) is 32.8 Å². The molecule has 0 saturated heterocycles. The maximum Gasteiger partial charge on any atom is 0.344 e. The van der Waals surface area contributed by atoms with Crippen molar-refractivity contribution in [1.82, 2.24) is 5.32 Å². The summed E-state index contributed by atoms with van der Waals surface area (Å²) >= 11 is 0. The van der Waals surface area contributed by atoms with Crippen molar-refractivity contribution < 1.29 is 19.0 Å². The molecule has 1 aliphatic carbocycles. The maximum atomic E-state index is 12.2. The molecule has 1 heterocycles. The largest absolute Gasteiger partial charge is 0.493 e. The standard InChI is InChI=1S/C17H23NO4/c1-20-13-10-9-12-14(15(13)21-2)17(19)22-16(12)18-11-7-5-3-4-6-8-11/h9-11,16,18H,3-8H2,1-2H3. The molecule has 0 amide bonds. The number of cyclic esters (lactones) is 1. The normalized spacial score (nSPS) is 21.9. The first-order valence-electron chi connectivity index (χ1n) is 7.96. The monoisotopic (exact) mass is 305 g/mol. The number of esters is 1. The van der Waals surface area contributed by atoms with Crippen LogP contribution in [0, 0.1) is 0 Å². The Morgan fingerprint density at radius 1 is 1.09 bits per heavy atom. The fourth-order valence-electron chi connectivity index (χ4n) is 3.38. The molecule has 1 aromatic rings. The van der Waals surface area contributed by atoms with E-state index in [4.69, 9.17) is 14.2 Å². The third-order valence-electron chi connectivity index (χ3n) is 4.53. The summed E-state index contributed by atoms with van der Waals surface area (Å²) in [6.07, 6.45) is 6.95. The number of hydrogen-bond acceptors (Lipinski definition) is 5. The van der Waals surface area contributed by atoms with Crippen molar-refractivity contribution in [3.8, 4) is 11.5 Å². The number of benzene rings is 1. The van der Waals surface area contributed by atoms with Gasteiger partial charge in [-0.1, -0.05) is 25.7 Å². The molecule has 0 bridgehead atoms. The lowest BCUT2D eigenvalue weighted by atomic mass is 10.0. The molecule has 1 saturated carbocycles. The van der Waals surface area contributed by atoms with Gasteiger partial charge in [0.2, 0.25) is 0 Å². The highest BCUT2D eigenvalue weighted by Crippen LogP contribution is 2.41. The first-order valence-corrected chi connectivity index (χ1v) is 7.96. The number of hydrogen-bond donors (Lipinski definition) is 1. The molecule has 1 unspecified atom stereocenters. The van der Waals surface area contributed by atoms with Gasteiger partial charge in [0.25, 0.3) is 0 Å². The van der Waals surface area contributed by atoms with Gasteiger partial charge in [-0.15, -0.1) is 0 Å². The van der Waals surface area contributed by atoms with Crippen molar-refractivity contribution in [2.24, 2.45) is 0 Å². The van der Waals surface area contributed by atoms with Crippen LogP contribution in [0.3, 0.4) is 0 Å². The van der Waals surface area contributed by atoms with Gasteiger partial charge in [-0.2, -0.15) is 0 Å². The fourth-order valence-corrected chi connectivity index (χ4v) is 3.38. The molecular weight excluding hydrogens is 282 g/mol. The Balaban J connectivity index is 1.84. The number of carbonyl (C=O) groups excluding carboxylic acids is 1. The molecule has 0 spiro atoms. The minimum Gasteiger partial charge on any atom is -0.493 e. The molecule has 1 aliphatic heterocycles. The van der Waals surface area contributed by atoms with Crippen LogP contribution in [-0.2, 0) is 4.74 Å². The van der Waals surface area contributed by atoms with Crippen LogP contribution >= 0.6 is 0 Å². The fraction of sp³-hybridized carbons (Fsp3) is 0.588. The summed E-state index contributed by atoms with van der Waals surface area (Å²) in [4.78, 5) is 12.2. The lowest BCUT2D eigenvalue weighted by molar-refractivity contribution is 0.0269. The Labute approximate surface area is 130 Å². The number of methoxy groups -OCH3 is 2. The summed E-state index contributed by atoms with van der Waals surface area (Å²) in [7, 11) is 3.10. The van der Waals surface area contributed by atoms with Gasteiger partial charge < -0.3 is 14.2 Å². The van der Waals surface area contributed by atoms with E-state index >= 15 is 0 Å². The molecule has 1 atom stereocenters. The summed E-state index contributed by atoms with van der Waals surface area (Å²) in [5.74, 6) is 0.653. The SMILES string of the molecule is COc1ccc2c(c1OC)C(=O)OC2NC1CCCCCC1. The molecule has 1 N–H and O–H groups in total. The van der Waals surface area contributed by atoms with Gasteiger partial charge in [-0.3, -0.25) is 5.32 Å². The highest BCUT2D eigenvalue weighted by atomic mass is 16.6. The second kappa shape index (κ2) is 6.57. The Morgan fingerprint density at radius 2 is 1.82 bits per heavy atom. The molecule has 5 nitrogen and oxygen atoms in total. The Bertz CT molecular complexity index is 550. The third-order valence-corrected chi connectivity index (χ3v) is 4.53. The Hall–Kier alpha value is -1.75. The number of rotatable bonds is 4. The van der Waals surface area contributed by atoms with Gasteiger partial charge in [-0.25, -0.2) is 4.79 Å². The molecule has 5 heteroatoms. The van der Waals surface area contributed by atoms with Gasteiger partial charge in [0.1, 0.15) is 5.56 Å². The van der Waals surface area contributed by atoms with Crippen molar-refractivity contribution in [2.45, 2.75) is 50.8 Å². The van der Waals surface area contributed by atoms with Gasteiger partial charge in [0.15, 0.2) is 17.7 Å². The van der Waals surface area contributed by atoms with Gasteiger partial charge in [0.05, 0.1) is 14.2 Å². The molecule has 0 aromatic heterocycles. The van der Waals surface area contributed by atoms with Gasteiger partial charge >= 0.3 is 5.97 Å². The lowest BCUT2D eigenvalue weighted by Gasteiger charge is -2.21. The maximum absolute atomic E-state index is 12.2. The molecule has 22 heavy (non-hydrogen) atoms. The van der Waals surface area contributed by atoms with E-state index in [0.29, 0.717) is 23.1 Å². The summed E-state index contributed by atoms with van der Waals surface area (Å²) < 4.78 is 16.1. The van der Waals surface area contributed by atoms with Crippen LogP contribution < -0.4 is 14.8 Å². The number of carbonyl (C=O) groups is 1. The molecule has 120 valence electrons. The molecule has 2 aliphatic rings. The van der Waals surface area contributed by atoms with Crippen molar-refractivity contribution in [2.75, 3.05) is 14.2 Å². The minimum atomic E-state index is -0.384. The summed E-state index contributed by atoms with van der Waals surface area (Å²) in [5, 5.41) is 3.49. The molecule has 1 aromatic carbocycles. The van der Waals surface area contributed by atoms with E-state index in [2.05, 4.69) is 5.32 Å². The summed E-state index contributed by atoms with van der Waals surface area (Å²) in [5.41, 5.74) is 1.32. The second-order valence-corrected chi connectivity index (χ2v) is 5.91. The zero-order chi connectivity index (χ0) is 15.5. The summed E-state index contributed by atoms with van der Waals surface area (Å²) in [6.45, 7) is 0. The predicted molar refractivity (Wildman–Crippen MR) is 82.3 cm³/mol. The quantitative estimate of drug-likeness (QED) is 0.684. The van der Waals surface area contributed by atoms with Crippen LogP contribution in [0.15, 0.2) is 12.1 Å². The third kappa shape index (κ3) is 2.77. The zero-order valence-electron chi connectivity index (χ0n) is 13.2. The topological polar surface area (TPSA) is 56.8 Å². The van der Waals surface area contributed by atoms with E-state index in [1.54, 1.807) is 7.11 Å². The van der Waals surface area contributed by atoms with Gasteiger partial charge in [-0.05, 0) is 25.0 Å². The second-order valence-electron chi connectivity index (χ2n) is 5.91. The van der Waals surface area contributed by atoms with Crippen molar-refractivity contribution in [3.05, 3.63) is 23.3 Å². The average Bonchev–Trinajstić information content (AvgIpc) is 2.70. The highest BCUT2D eigenvalue weighted by molar-refractivity contribution is 5.98. The molecule has 0 radical (unpaired) electrons. The van der Waals surface area contributed by atoms with Crippen LogP contribution in [-0.4, -0.2) is 26.2 Å². The van der Waals surface area contributed by atoms with E-state index in [0.717, 1.165) is 18.4 Å². The van der Waals surface area contributed by atoms with Crippen LogP contribution in [0.25, 0.3) is 0 Å². The lowest BCUT2D eigenvalue weighted by Crippen LogP contribution is -2.32. The van der Waals surface area contributed by atoms with E-state index in [-0.39, 0.29) is 12.2 Å². The molecule has 1 fully saturated rings. The van der Waals surface area contributed by atoms with Gasteiger partial charge in [0, 0.05) is 11.6 Å². The highest BCUT2D eigenvalue weighted by Gasteiger charge is 2.36. The van der Waals surface area contributed by atoms with E-state index in [9.17, 15) is 4.79 Å². The number of fused-ring (bicyclic) bond motifs is 1. The zero-order valence-corrected chi connectivity index (χ0v) is 13.2. The van der Waals surface area contributed by atoms with Crippen LogP contribution in [0.2, 0.25) is 0 Å². The average molecular weight is 305 g/mol. The molecule has 3 rings (SSSR count). The number of ether oxygens (including phenoxy) is 3. The smallest absolute Gasteiger partial charge is 0.344 e. The van der Waals surface area contributed by atoms with Crippen LogP contribution in [0.1, 0.15) is 60.7 Å². The summed E-state index contributed by atoms with van der Waals surface area (Å²) in [6, 6.07) is 4.11. The van der Waals surface area contributed by atoms with E-state index in [1.807, 2.05) is 12.1 Å². The Morgan fingerprint density at radius 3 is 2.45 bits per heavy atom. The first-order chi connectivity index (χ1) is 10.7. The van der Waals surface area contributed by atoms with Crippen molar-refractivity contribution in [1.29, 1.82) is 0 Å². The van der Waals surface area contributed by atoms with Crippen molar-refractivity contribution in [3.63, 3.8) is 0 Å². The van der Waals surface area contributed by atoms with Crippen molar-refractivity contribution >= 4 is 5.97 Å². The molecular formula is C17H23NO4. The predicted octanol–water partition coefficient (Wildman–Crippen LogP) is 3.19. The minimum absolute atomic E-state index is 0.350. The first kappa shape index (κ1) is 15.2. The van der Waals surface area contributed by atoms with Crippen LogP contribution in [0.5, 0.6) is 11.5 Å². The Kier molecular flexibility index (Phi) is 4.52. The van der Waals surface area contributed by atoms with Crippen LogP contribution in [0.4, 0.5) is 0 Å². The number of nitrogens with one attached hydrogen (secondary N) is 1. The van der Waals surface area contributed by atoms with E-state index < -0.39 is 0 Å².